The van der Waals surface area contributed by atoms with Gasteiger partial charge in [0.15, 0.2) is 0 Å². The highest BCUT2D eigenvalue weighted by molar-refractivity contribution is 8.25. The third kappa shape index (κ3) is 3.93. The van der Waals surface area contributed by atoms with Gasteiger partial charge in [-0.3, -0.25) is 0 Å². The summed E-state index contributed by atoms with van der Waals surface area (Å²) in [6, 6.07) is 57.2. The molecule has 0 radical (unpaired) electrons. The maximum atomic E-state index is 6.63. The molecule has 198 valence electrons. The highest BCUT2D eigenvalue weighted by atomic mass is 32.4. The van der Waals surface area contributed by atoms with Crippen molar-refractivity contribution in [2.24, 2.45) is 0 Å². The molecular formula is C40H27PS. The summed E-state index contributed by atoms with van der Waals surface area (Å²) in [6.45, 7) is 0. The average molecular weight is 571 g/mol. The van der Waals surface area contributed by atoms with Crippen LogP contribution in [0.1, 0.15) is 0 Å². The molecule has 0 saturated heterocycles. The third-order valence-electron chi connectivity index (χ3n) is 8.53. The molecule has 0 aliphatic carbocycles. The van der Waals surface area contributed by atoms with Gasteiger partial charge >= 0.3 is 0 Å². The normalized spacial score (nSPS) is 11.9. The van der Waals surface area contributed by atoms with Crippen molar-refractivity contribution >= 4 is 76.8 Å². The Labute approximate surface area is 250 Å². The Balaban J connectivity index is 1.41. The first-order chi connectivity index (χ1) is 20.7. The quantitative estimate of drug-likeness (QED) is 0.115. The van der Waals surface area contributed by atoms with E-state index in [9.17, 15) is 0 Å². The lowest BCUT2D eigenvalue weighted by molar-refractivity contribution is 1.70. The van der Waals surface area contributed by atoms with Crippen molar-refractivity contribution in [2.45, 2.75) is 0 Å². The molecule has 0 atom stereocenters. The van der Waals surface area contributed by atoms with Crippen molar-refractivity contribution in [3.8, 4) is 11.1 Å². The molecule has 0 bridgehead atoms. The Morgan fingerprint density at radius 2 is 0.762 bits per heavy atom. The fourth-order valence-corrected chi connectivity index (χ4v) is 10.2. The number of hydrogen-bond donors (Lipinski definition) is 0. The van der Waals surface area contributed by atoms with Gasteiger partial charge in [-0.1, -0.05) is 170 Å². The molecule has 2 heteroatoms. The van der Waals surface area contributed by atoms with Crippen molar-refractivity contribution in [1.29, 1.82) is 0 Å². The molecule has 0 aromatic heterocycles. The number of fused-ring (bicyclic) bond motifs is 6. The maximum absolute atomic E-state index is 6.63. The van der Waals surface area contributed by atoms with E-state index in [4.69, 9.17) is 11.8 Å². The van der Waals surface area contributed by atoms with Crippen molar-refractivity contribution in [1.82, 2.24) is 0 Å². The Morgan fingerprint density at radius 3 is 1.26 bits per heavy atom. The van der Waals surface area contributed by atoms with E-state index in [-0.39, 0.29) is 0 Å². The van der Waals surface area contributed by atoms with E-state index in [0.717, 1.165) is 0 Å². The molecule has 0 unspecified atom stereocenters. The lowest BCUT2D eigenvalue weighted by Gasteiger charge is -2.24. The fraction of sp³-hybridized carbons (Fsp3) is 0. The zero-order valence-corrected chi connectivity index (χ0v) is 24.7. The van der Waals surface area contributed by atoms with Crippen molar-refractivity contribution in [3.63, 3.8) is 0 Å². The molecule has 0 amide bonds. The van der Waals surface area contributed by atoms with Crippen LogP contribution < -0.4 is 15.9 Å². The summed E-state index contributed by atoms with van der Waals surface area (Å²) in [4.78, 5) is 0. The lowest BCUT2D eigenvalue weighted by atomic mass is 9.88. The SMILES string of the molecule is S=P(c1ccccc1)(c1ccccc1)c1ccc(-c2c3ccc4ccccc4c3cc3c2ccc2ccccc23)cc1. The fourth-order valence-electron chi connectivity index (χ4n) is 6.50. The summed E-state index contributed by atoms with van der Waals surface area (Å²) < 4.78 is 0. The van der Waals surface area contributed by atoms with Gasteiger partial charge in [0.25, 0.3) is 0 Å². The zero-order chi connectivity index (χ0) is 28.1. The molecule has 0 N–H and O–H groups in total. The standard InChI is InChI=1S/C40H27PS/c42-41(31-13-3-1-4-14-31,32-15-5-2-6-16-32)33-23-19-30(20-24-33)40-36-25-21-28-11-7-9-17-34(28)38(36)27-39-35-18-10-8-12-29(35)22-26-37(39)40/h1-27H. The summed E-state index contributed by atoms with van der Waals surface area (Å²) in [5.74, 6) is 0. The minimum absolute atomic E-state index is 1.21. The molecule has 8 aromatic carbocycles. The van der Waals surface area contributed by atoms with E-state index in [2.05, 4.69) is 164 Å². The monoisotopic (exact) mass is 570 g/mol. The van der Waals surface area contributed by atoms with Crippen LogP contribution in [0.3, 0.4) is 0 Å². The van der Waals surface area contributed by atoms with E-state index in [0.29, 0.717) is 0 Å². The minimum Gasteiger partial charge on any atom is -0.0826 e. The first-order valence-corrected chi connectivity index (χ1v) is 17.1. The molecule has 0 nitrogen and oxygen atoms in total. The van der Waals surface area contributed by atoms with E-state index < -0.39 is 6.04 Å². The first kappa shape index (κ1) is 25.2. The molecule has 8 rings (SSSR count). The van der Waals surface area contributed by atoms with Crippen molar-refractivity contribution < 1.29 is 0 Å². The Morgan fingerprint density at radius 1 is 0.333 bits per heavy atom. The van der Waals surface area contributed by atoms with Gasteiger partial charge in [0.1, 0.15) is 0 Å². The second-order valence-electron chi connectivity index (χ2n) is 10.8. The van der Waals surface area contributed by atoms with Gasteiger partial charge in [-0.2, -0.15) is 0 Å². The highest BCUT2D eigenvalue weighted by Crippen LogP contribution is 2.45. The highest BCUT2D eigenvalue weighted by Gasteiger charge is 2.25. The Bertz CT molecular complexity index is 2170. The lowest BCUT2D eigenvalue weighted by Crippen LogP contribution is -2.24. The summed E-state index contributed by atoms with van der Waals surface area (Å²) >= 11 is 6.63. The van der Waals surface area contributed by atoms with E-state index >= 15 is 0 Å². The number of benzene rings is 8. The van der Waals surface area contributed by atoms with Gasteiger partial charge < -0.3 is 0 Å². The van der Waals surface area contributed by atoms with Crippen LogP contribution in [0.15, 0.2) is 164 Å². The second-order valence-corrected chi connectivity index (χ2v) is 15.3. The molecule has 0 saturated carbocycles. The third-order valence-corrected chi connectivity index (χ3v) is 13.5. The molecule has 42 heavy (non-hydrogen) atoms. The van der Waals surface area contributed by atoms with Crippen LogP contribution in [0, 0.1) is 0 Å². The summed E-state index contributed by atoms with van der Waals surface area (Å²) in [5.41, 5.74) is 2.49. The number of hydrogen-bond acceptors (Lipinski definition) is 1. The van der Waals surface area contributed by atoms with Crippen LogP contribution >= 0.6 is 6.04 Å². The van der Waals surface area contributed by atoms with Crippen LogP contribution in [-0.4, -0.2) is 0 Å². The van der Waals surface area contributed by atoms with E-state index in [1.807, 2.05) is 0 Å². The van der Waals surface area contributed by atoms with Gasteiger partial charge in [-0.15, -0.1) is 0 Å². The number of rotatable bonds is 4. The van der Waals surface area contributed by atoms with Gasteiger partial charge in [0, 0.05) is 6.04 Å². The van der Waals surface area contributed by atoms with Crippen LogP contribution in [0.5, 0.6) is 0 Å². The van der Waals surface area contributed by atoms with Gasteiger partial charge in [0.05, 0.1) is 0 Å². The predicted molar refractivity (Wildman–Crippen MR) is 188 cm³/mol. The summed E-state index contributed by atoms with van der Waals surface area (Å²) in [5, 5.41) is 13.8. The Kier molecular flexibility index (Phi) is 6.04. The molecule has 0 heterocycles. The van der Waals surface area contributed by atoms with Crippen molar-refractivity contribution in [3.05, 3.63) is 164 Å². The molecule has 0 fully saturated rings. The van der Waals surface area contributed by atoms with Gasteiger partial charge in [0.2, 0.25) is 0 Å². The van der Waals surface area contributed by atoms with E-state index in [1.54, 1.807) is 0 Å². The van der Waals surface area contributed by atoms with Crippen LogP contribution in [0.4, 0.5) is 0 Å². The second kappa shape index (κ2) is 10.1. The summed E-state index contributed by atoms with van der Waals surface area (Å²) in [7, 11) is 0. The predicted octanol–water partition coefficient (Wildman–Crippen LogP) is 9.72. The smallest absolute Gasteiger partial charge is 0.0379 e. The van der Waals surface area contributed by atoms with Crippen LogP contribution in [-0.2, 0) is 11.8 Å². The maximum Gasteiger partial charge on any atom is 0.0379 e. The van der Waals surface area contributed by atoms with Gasteiger partial charge in [-0.25, -0.2) is 0 Å². The molecular weight excluding hydrogens is 543 g/mol. The van der Waals surface area contributed by atoms with E-state index in [1.165, 1.54) is 70.1 Å². The van der Waals surface area contributed by atoms with Crippen LogP contribution in [0.25, 0.3) is 54.2 Å². The first-order valence-electron chi connectivity index (χ1n) is 14.3. The molecule has 0 spiro atoms. The van der Waals surface area contributed by atoms with Crippen LogP contribution in [0.2, 0.25) is 0 Å². The minimum atomic E-state index is -2.22. The molecule has 8 aromatic rings. The summed E-state index contributed by atoms with van der Waals surface area (Å²) in [6.07, 6.45) is 0. The largest absolute Gasteiger partial charge is 0.0826 e. The molecule has 0 aliphatic heterocycles. The zero-order valence-electron chi connectivity index (χ0n) is 22.9. The molecule has 0 aliphatic rings. The van der Waals surface area contributed by atoms with Gasteiger partial charge in [-0.05, 0) is 76.2 Å². The topological polar surface area (TPSA) is 0 Å². The average Bonchev–Trinajstić information content (AvgIpc) is 3.07. The Hall–Kier alpha value is -4.55. The van der Waals surface area contributed by atoms with Crippen molar-refractivity contribution in [2.75, 3.05) is 0 Å².